The van der Waals surface area contributed by atoms with Gasteiger partial charge < -0.3 is 15.5 Å². The topological polar surface area (TPSA) is 61.4 Å². The van der Waals surface area contributed by atoms with Crippen molar-refractivity contribution in [2.75, 3.05) is 25.5 Å². The van der Waals surface area contributed by atoms with E-state index >= 15 is 0 Å². The predicted molar refractivity (Wildman–Crippen MR) is 106 cm³/mol. The molecule has 0 unspecified atom stereocenters. The zero-order valence-electron chi connectivity index (χ0n) is 14.6. The SMILES string of the molecule is C[C@@H](NCC(=O)N(C)CC(=O)Nc1ccccc1Cl)c1ccccc1Cl. The van der Waals surface area contributed by atoms with Gasteiger partial charge in [0.15, 0.2) is 0 Å². The predicted octanol–water partition coefficient (Wildman–Crippen LogP) is 3.74. The number of anilines is 1. The van der Waals surface area contributed by atoms with Crippen LogP contribution in [-0.4, -0.2) is 36.9 Å². The molecule has 2 aromatic carbocycles. The molecule has 0 saturated heterocycles. The molecule has 0 bridgehead atoms. The second-order valence-electron chi connectivity index (χ2n) is 5.90. The number of hydrogen-bond donors (Lipinski definition) is 2. The number of nitrogens with zero attached hydrogens (tertiary/aromatic N) is 1. The molecule has 0 aromatic heterocycles. The second kappa shape index (κ2) is 9.57. The van der Waals surface area contributed by atoms with E-state index in [9.17, 15) is 9.59 Å². The number of carbonyl (C=O) groups is 2. The molecule has 2 N–H and O–H groups in total. The van der Waals surface area contributed by atoms with Crippen molar-refractivity contribution in [3.8, 4) is 0 Å². The largest absolute Gasteiger partial charge is 0.335 e. The lowest BCUT2D eigenvalue weighted by Gasteiger charge is -2.20. The third kappa shape index (κ3) is 5.73. The van der Waals surface area contributed by atoms with Gasteiger partial charge in [-0.25, -0.2) is 0 Å². The Morgan fingerprint density at radius 1 is 1.04 bits per heavy atom. The Bertz CT molecular complexity index is 783. The summed E-state index contributed by atoms with van der Waals surface area (Å²) in [5.74, 6) is -0.508. The van der Waals surface area contributed by atoms with Crippen molar-refractivity contribution in [2.45, 2.75) is 13.0 Å². The van der Waals surface area contributed by atoms with Gasteiger partial charge in [-0.05, 0) is 30.7 Å². The molecule has 0 saturated carbocycles. The molecule has 5 nitrogen and oxygen atoms in total. The van der Waals surface area contributed by atoms with Crippen LogP contribution in [0, 0.1) is 0 Å². The van der Waals surface area contributed by atoms with E-state index in [4.69, 9.17) is 23.2 Å². The number of benzene rings is 2. The highest BCUT2D eigenvalue weighted by atomic mass is 35.5. The maximum absolute atomic E-state index is 12.2. The van der Waals surface area contributed by atoms with Gasteiger partial charge in [0.05, 0.1) is 23.8 Å². The fraction of sp³-hybridized carbons (Fsp3) is 0.263. The summed E-state index contributed by atoms with van der Waals surface area (Å²) in [6.45, 7) is 1.97. The van der Waals surface area contributed by atoms with Crippen molar-refractivity contribution in [1.29, 1.82) is 0 Å². The van der Waals surface area contributed by atoms with E-state index in [2.05, 4.69) is 10.6 Å². The Morgan fingerprint density at radius 3 is 2.31 bits per heavy atom. The van der Waals surface area contributed by atoms with Gasteiger partial charge in [-0.3, -0.25) is 9.59 Å². The summed E-state index contributed by atoms with van der Waals surface area (Å²) >= 11 is 12.2. The van der Waals surface area contributed by atoms with Crippen LogP contribution in [0.3, 0.4) is 0 Å². The average molecular weight is 394 g/mol. The maximum Gasteiger partial charge on any atom is 0.244 e. The summed E-state index contributed by atoms with van der Waals surface area (Å²) in [7, 11) is 1.58. The van der Waals surface area contributed by atoms with Crippen molar-refractivity contribution in [2.24, 2.45) is 0 Å². The standard InChI is InChI=1S/C19H21Cl2N3O2/c1-13(14-7-3-4-8-15(14)20)22-11-19(26)24(2)12-18(25)23-17-10-6-5-9-16(17)21/h3-10,13,22H,11-12H2,1-2H3,(H,23,25)/t13-/m1/s1. The molecule has 0 heterocycles. The highest BCUT2D eigenvalue weighted by Gasteiger charge is 2.16. The van der Waals surface area contributed by atoms with E-state index in [1.807, 2.05) is 31.2 Å². The van der Waals surface area contributed by atoms with Gasteiger partial charge in [0, 0.05) is 18.1 Å². The monoisotopic (exact) mass is 393 g/mol. The van der Waals surface area contributed by atoms with E-state index < -0.39 is 0 Å². The number of carbonyl (C=O) groups excluding carboxylic acids is 2. The summed E-state index contributed by atoms with van der Waals surface area (Å²) in [6.07, 6.45) is 0. The molecule has 0 aliphatic heterocycles. The quantitative estimate of drug-likeness (QED) is 0.752. The van der Waals surface area contributed by atoms with E-state index in [1.165, 1.54) is 4.90 Å². The normalized spacial score (nSPS) is 11.7. The highest BCUT2D eigenvalue weighted by molar-refractivity contribution is 6.33. The Morgan fingerprint density at radius 2 is 1.65 bits per heavy atom. The fourth-order valence-electron chi connectivity index (χ4n) is 2.37. The molecule has 2 amide bonds. The van der Waals surface area contributed by atoms with Crippen LogP contribution in [0.1, 0.15) is 18.5 Å². The Labute approximate surface area is 163 Å². The number of amides is 2. The first kappa shape index (κ1) is 20.2. The van der Waals surface area contributed by atoms with Gasteiger partial charge in [0.2, 0.25) is 11.8 Å². The van der Waals surface area contributed by atoms with Gasteiger partial charge in [-0.1, -0.05) is 53.5 Å². The molecule has 1 atom stereocenters. The molecule has 2 rings (SSSR count). The number of para-hydroxylation sites is 1. The third-order valence-electron chi connectivity index (χ3n) is 3.89. The molecule has 138 valence electrons. The van der Waals surface area contributed by atoms with Crippen molar-refractivity contribution in [3.63, 3.8) is 0 Å². The molecule has 7 heteroatoms. The summed E-state index contributed by atoms with van der Waals surface area (Å²) in [5.41, 5.74) is 1.44. The minimum absolute atomic E-state index is 0.0633. The van der Waals surface area contributed by atoms with Crippen LogP contribution in [-0.2, 0) is 9.59 Å². The first-order chi connectivity index (χ1) is 12.4. The summed E-state index contributed by atoms with van der Waals surface area (Å²) in [4.78, 5) is 25.7. The van der Waals surface area contributed by atoms with Crippen molar-refractivity contribution >= 4 is 40.7 Å². The van der Waals surface area contributed by atoms with E-state index in [0.717, 1.165) is 5.56 Å². The van der Waals surface area contributed by atoms with Gasteiger partial charge >= 0.3 is 0 Å². The highest BCUT2D eigenvalue weighted by Crippen LogP contribution is 2.22. The van der Waals surface area contributed by atoms with Crippen LogP contribution in [0.15, 0.2) is 48.5 Å². The van der Waals surface area contributed by atoms with Crippen molar-refractivity contribution in [1.82, 2.24) is 10.2 Å². The number of rotatable bonds is 7. The summed E-state index contributed by atoms with van der Waals surface area (Å²) in [6, 6.07) is 14.3. The molecule has 2 aromatic rings. The van der Waals surface area contributed by atoms with Gasteiger partial charge in [0.25, 0.3) is 0 Å². The van der Waals surface area contributed by atoms with E-state index in [1.54, 1.807) is 31.3 Å². The molecule has 0 spiro atoms. The van der Waals surface area contributed by atoms with Crippen LogP contribution >= 0.6 is 23.2 Å². The fourth-order valence-corrected chi connectivity index (χ4v) is 2.85. The number of likely N-dealkylation sites (N-methyl/N-ethyl adjacent to an activating group) is 1. The van der Waals surface area contributed by atoms with Crippen LogP contribution in [0.4, 0.5) is 5.69 Å². The van der Waals surface area contributed by atoms with Crippen LogP contribution in [0.25, 0.3) is 0 Å². The molecule has 0 fully saturated rings. The maximum atomic E-state index is 12.2. The zero-order chi connectivity index (χ0) is 19.1. The van der Waals surface area contributed by atoms with Gasteiger partial charge in [0.1, 0.15) is 0 Å². The molecular formula is C19H21Cl2N3O2. The van der Waals surface area contributed by atoms with Crippen LogP contribution in [0.5, 0.6) is 0 Å². The number of nitrogens with one attached hydrogen (secondary N) is 2. The minimum atomic E-state index is -0.312. The number of hydrogen-bond acceptors (Lipinski definition) is 3. The van der Waals surface area contributed by atoms with E-state index in [-0.39, 0.29) is 30.9 Å². The van der Waals surface area contributed by atoms with Crippen LogP contribution < -0.4 is 10.6 Å². The summed E-state index contributed by atoms with van der Waals surface area (Å²) < 4.78 is 0. The van der Waals surface area contributed by atoms with E-state index in [0.29, 0.717) is 15.7 Å². The molecule has 0 radical (unpaired) electrons. The van der Waals surface area contributed by atoms with Crippen molar-refractivity contribution in [3.05, 3.63) is 64.1 Å². The molecule has 26 heavy (non-hydrogen) atoms. The minimum Gasteiger partial charge on any atom is -0.335 e. The molecular weight excluding hydrogens is 373 g/mol. The second-order valence-corrected chi connectivity index (χ2v) is 6.72. The Kier molecular flexibility index (Phi) is 7.45. The first-order valence-corrected chi connectivity index (χ1v) is 8.90. The lowest BCUT2D eigenvalue weighted by Crippen LogP contribution is -2.40. The van der Waals surface area contributed by atoms with Gasteiger partial charge in [-0.15, -0.1) is 0 Å². The average Bonchev–Trinajstić information content (AvgIpc) is 2.61. The molecule has 0 aliphatic rings. The first-order valence-electron chi connectivity index (χ1n) is 8.14. The lowest BCUT2D eigenvalue weighted by molar-refractivity contribution is -0.132. The smallest absolute Gasteiger partial charge is 0.244 e. The third-order valence-corrected chi connectivity index (χ3v) is 4.56. The summed E-state index contributed by atoms with van der Waals surface area (Å²) in [5, 5.41) is 6.91. The van der Waals surface area contributed by atoms with Crippen molar-refractivity contribution < 1.29 is 9.59 Å². The Hall–Kier alpha value is -2.08. The van der Waals surface area contributed by atoms with Gasteiger partial charge in [-0.2, -0.15) is 0 Å². The number of halogens is 2. The van der Waals surface area contributed by atoms with Crippen LogP contribution in [0.2, 0.25) is 10.0 Å². The zero-order valence-corrected chi connectivity index (χ0v) is 16.1. The lowest BCUT2D eigenvalue weighted by atomic mass is 10.1. The Balaban J connectivity index is 1.83. The molecule has 0 aliphatic carbocycles.